The summed E-state index contributed by atoms with van der Waals surface area (Å²) in [5.41, 5.74) is 3.81. The first kappa shape index (κ1) is 9.29. The standard InChI is InChI=1S/Cl6I2/c1-7(2)5-8(3,4)6-7. The number of halogens is 8. The average Bonchev–Trinajstić information content (AvgIpc) is 1.20. The Morgan fingerprint density at radius 3 is 1.00 bits per heavy atom. The number of rotatable bonds is 0. The molecule has 0 radical (unpaired) electrons. The Morgan fingerprint density at radius 1 is 0.750 bits per heavy atom. The Kier molecular flexibility index (Phi) is 3.39. The first-order valence-corrected chi connectivity index (χ1v) is 23.0. The van der Waals surface area contributed by atoms with Gasteiger partial charge in [-0.25, -0.2) is 0 Å². The Balaban J connectivity index is 2.42. The summed E-state index contributed by atoms with van der Waals surface area (Å²) < 4.78 is 0. The van der Waals surface area contributed by atoms with Gasteiger partial charge in [-0.1, -0.05) is 0 Å². The van der Waals surface area contributed by atoms with E-state index in [1.807, 2.05) is 10.8 Å². The van der Waals surface area contributed by atoms with Crippen molar-refractivity contribution in [3.05, 3.63) is 0 Å². The van der Waals surface area contributed by atoms with Crippen molar-refractivity contribution in [2.45, 2.75) is 0 Å². The molecule has 0 aliphatic carbocycles. The van der Waals surface area contributed by atoms with Crippen LogP contribution < -0.4 is 27.8 Å². The van der Waals surface area contributed by atoms with Crippen molar-refractivity contribution in [2.75, 3.05) is 0 Å². The molecule has 1 aliphatic heterocycles. The van der Waals surface area contributed by atoms with E-state index >= 15 is 0 Å². The zero-order valence-electron chi connectivity index (χ0n) is 3.02. The number of hydrogen-bond donors (Lipinski definition) is 0. The zero-order valence-corrected chi connectivity index (χ0v) is 11.9. The fourth-order valence-electron chi connectivity index (χ4n) is 0.144. The molecule has 0 saturated carbocycles. The molecule has 0 amide bonds. The van der Waals surface area contributed by atoms with Crippen molar-refractivity contribution in [3.8, 4) is 0 Å². The second-order valence-corrected chi connectivity index (χ2v) is 53.7. The van der Waals surface area contributed by atoms with Crippen LogP contribution in [0.4, 0.5) is 0 Å². The van der Waals surface area contributed by atoms with Crippen LogP contribution >= 0.6 is 35.6 Å². The van der Waals surface area contributed by atoms with Gasteiger partial charge in [0.25, 0.3) is 0 Å². The summed E-state index contributed by atoms with van der Waals surface area (Å²) in [4.78, 5) is 0. The molecule has 0 atom stereocenters. The van der Waals surface area contributed by atoms with Gasteiger partial charge in [-0.15, -0.1) is 0 Å². The summed E-state index contributed by atoms with van der Waals surface area (Å²) in [6, 6.07) is 0. The molecule has 0 nitrogen and oxygen atoms in total. The van der Waals surface area contributed by atoms with E-state index < -0.39 is 27.8 Å². The number of hydrogen-bond acceptors (Lipinski definition) is 0. The van der Waals surface area contributed by atoms with Gasteiger partial charge in [-0.05, 0) is 0 Å². The quantitative estimate of drug-likeness (QED) is 0.330. The van der Waals surface area contributed by atoms with E-state index in [0.717, 1.165) is 0 Å². The topological polar surface area (TPSA) is 0 Å². The Bertz CT molecular complexity index is 83.1. The fraction of sp³-hybridized carbons (Fsp3) is 0. The molecule has 1 saturated heterocycles. The normalized spacial score (nSPS) is 39.5. The third-order valence-electron chi connectivity index (χ3n) is 0.245. The van der Waals surface area contributed by atoms with Crippen LogP contribution in [0, 0.1) is 10.8 Å². The zero-order chi connectivity index (χ0) is 6.41. The summed E-state index contributed by atoms with van der Waals surface area (Å²) >= 11 is -4.94. The third-order valence-corrected chi connectivity index (χ3v) is 99.2. The molecule has 1 rings (SSSR count). The first-order valence-electron chi connectivity index (χ1n) is 1.14. The van der Waals surface area contributed by atoms with Gasteiger partial charge < -0.3 is 0 Å². The van der Waals surface area contributed by atoms with E-state index in [2.05, 4.69) is 0 Å². The molecule has 8 heteroatoms. The molecule has 1 fully saturated rings. The molecule has 0 N–H and O–H groups in total. The second-order valence-electron chi connectivity index (χ2n) is 0.756. The Labute approximate surface area is 72.5 Å². The van der Waals surface area contributed by atoms with Crippen molar-refractivity contribution < 1.29 is 38.7 Å². The first-order chi connectivity index (χ1) is 3.41. The summed E-state index contributed by atoms with van der Waals surface area (Å²) in [6.07, 6.45) is 0. The third kappa shape index (κ3) is 2.68. The van der Waals surface area contributed by atoms with Gasteiger partial charge in [0.05, 0.1) is 0 Å². The van der Waals surface area contributed by atoms with Crippen molar-refractivity contribution in [2.24, 2.45) is 0 Å². The predicted molar refractivity (Wildman–Crippen MR) is 23.4 cm³/mol. The molecule has 1 heterocycles. The summed E-state index contributed by atoms with van der Waals surface area (Å²) in [6.45, 7) is 0. The second kappa shape index (κ2) is 2.92. The van der Waals surface area contributed by atoms with Gasteiger partial charge >= 0.3 is 74.3 Å². The van der Waals surface area contributed by atoms with Gasteiger partial charge in [0.1, 0.15) is 0 Å². The summed E-state index contributed by atoms with van der Waals surface area (Å²) in [7, 11) is 22.7. The van der Waals surface area contributed by atoms with Crippen LogP contribution in [-0.2, 0) is 0 Å². The molecule has 0 aromatic carbocycles. The van der Waals surface area contributed by atoms with Crippen molar-refractivity contribution >= 4 is 35.6 Å². The van der Waals surface area contributed by atoms with Gasteiger partial charge in [-0.3, -0.25) is 0 Å². The average molecular weight is 467 g/mol. The predicted octanol–water partition coefficient (Wildman–Crippen LogP) is -3.23. The summed E-state index contributed by atoms with van der Waals surface area (Å²) in [5.74, 6) is 0. The molecule has 0 bridgehead atoms. The maximum atomic E-state index is 5.69. The van der Waals surface area contributed by atoms with Crippen molar-refractivity contribution in [1.82, 2.24) is 0 Å². The maximum absolute atomic E-state index is 5.69. The van der Waals surface area contributed by atoms with Gasteiger partial charge in [0.15, 0.2) is 0 Å². The van der Waals surface area contributed by atoms with Crippen LogP contribution in [0.2, 0.25) is 0 Å². The molecule has 8 heavy (non-hydrogen) atoms. The van der Waals surface area contributed by atoms with E-state index in [4.69, 9.17) is 35.6 Å². The molecular formula is Cl6I2. The SMILES string of the molecule is Cl[I-]1(Cl)[Cl+][I-](Cl)(Cl)[Cl+]1. The summed E-state index contributed by atoms with van der Waals surface area (Å²) in [5, 5.41) is 0. The Morgan fingerprint density at radius 2 is 1.00 bits per heavy atom. The van der Waals surface area contributed by atoms with Crippen LogP contribution in [0.1, 0.15) is 0 Å². The molecule has 56 valence electrons. The van der Waals surface area contributed by atoms with E-state index in [1.54, 1.807) is 0 Å². The van der Waals surface area contributed by atoms with Crippen molar-refractivity contribution in [1.29, 1.82) is 0 Å². The van der Waals surface area contributed by atoms with Gasteiger partial charge in [0.2, 0.25) is 0 Å². The monoisotopic (exact) mass is 464 g/mol. The van der Waals surface area contributed by atoms with Crippen LogP contribution in [0.25, 0.3) is 0 Å². The van der Waals surface area contributed by atoms with Crippen molar-refractivity contribution in [3.63, 3.8) is 0 Å². The Hall–Kier alpha value is 3.20. The van der Waals surface area contributed by atoms with Gasteiger partial charge in [-0.2, -0.15) is 0 Å². The molecule has 0 aromatic rings. The van der Waals surface area contributed by atoms with E-state index in [-0.39, 0.29) is 0 Å². The molecule has 0 aromatic heterocycles. The van der Waals surface area contributed by atoms with Crippen LogP contribution in [0.3, 0.4) is 0 Å². The molecule has 0 spiro atoms. The van der Waals surface area contributed by atoms with Crippen LogP contribution in [-0.4, -0.2) is 0 Å². The minimum absolute atomic E-state index is 1.90. The van der Waals surface area contributed by atoms with E-state index in [1.165, 1.54) is 0 Å². The van der Waals surface area contributed by atoms with Gasteiger partial charge in [0, 0.05) is 0 Å². The van der Waals surface area contributed by atoms with E-state index in [9.17, 15) is 0 Å². The molecule has 0 unspecified atom stereocenters. The minimum atomic E-state index is -2.47. The molecular weight excluding hydrogens is 467 g/mol. The molecule has 1 aliphatic rings. The fourth-order valence-corrected chi connectivity index (χ4v) is 158. The van der Waals surface area contributed by atoms with Crippen LogP contribution in [0.5, 0.6) is 0 Å². The van der Waals surface area contributed by atoms with E-state index in [0.29, 0.717) is 0 Å². The van der Waals surface area contributed by atoms with Crippen LogP contribution in [0.15, 0.2) is 0 Å².